The summed E-state index contributed by atoms with van der Waals surface area (Å²) in [5, 5.41) is 1.46. The molecule has 0 aromatic heterocycles. The van der Waals surface area contributed by atoms with Crippen molar-refractivity contribution >= 4 is 35.0 Å². The van der Waals surface area contributed by atoms with E-state index >= 15 is 0 Å². The number of amides is 1. The molecule has 1 aromatic rings. The lowest BCUT2D eigenvalue weighted by atomic mass is 9.87. The zero-order valence-corrected chi connectivity index (χ0v) is 21.4. The van der Waals surface area contributed by atoms with Gasteiger partial charge in [-0.05, 0) is 42.7 Å². The van der Waals surface area contributed by atoms with Gasteiger partial charge in [-0.15, -0.1) is 0 Å². The van der Waals surface area contributed by atoms with Gasteiger partial charge in [0.1, 0.15) is 17.4 Å². The van der Waals surface area contributed by atoms with Crippen LogP contribution in [-0.4, -0.2) is 43.6 Å². The average Bonchev–Trinajstić information content (AvgIpc) is 2.86. The second kappa shape index (κ2) is 10.0. The molecule has 0 aliphatic carbocycles. The largest absolute Gasteiger partial charge is 0.368 e. The fourth-order valence-electron chi connectivity index (χ4n) is 3.53. The number of ketones is 1. The standard InChI is InChI=1S/C23H35NO5S.H2S/c1-15(2)12-19(21(26)24-23(7)16(3)29-13-20(23)25)30(27,28)14-17-8-10-18(11-9-17)22(4,5)6;/h8-11,15-16,19H,12-14H2,1-7H3,(H,24,26);1H2/t16-,19+,23-;/m1./s1. The van der Waals surface area contributed by atoms with E-state index in [1.807, 2.05) is 26.0 Å². The lowest BCUT2D eigenvalue weighted by Gasteiger charge is -2.30. The molecule has 1 aromatic carbocycles. The minimum absolute atomic E-state index is 0. The molecule has 0 radical (unpaired) electrons. The SMILES string of the molecule is CC(C)C[C@@H](C(=O)N[C@@]1(C)C(=O)CO[C@@H]1C)S(=O)(=O)Cc1ccc(C(C)(C)C)cc1.S. The van der Waals surface area contributed by atoms with Crippen LogP contribution in [0.15, 0.2) is 24.3 Å². The van der Waals surface area contributed by atoms with Crippen molar-refractivity contribution in [2.24, 2.45) is 5.92 Å². The molecule has 6 nitrogen and oxygen atoms in total. The maximum atomic E-state index is 13.2. The lowest BCUT2D eigenvalue weighted by molar-refractivity contribution is -0.129. The maximum Gasteiger partial charge on any atom is 0.239 e. The van der Waals surface area contributed by atoms with Crippen molar-refractivity contribution in [2.45, 2.75) is 82.9 Å². The molecule has 8 heteroatoms. The third-order valence-corrected chi connectivity index (χ3v) is 7.85. The minimum Gasteiger partial charge on any atom is -0.368 e. The third kappa shape index (κ3) is 6.56. The first kappa shape index (κ1) is 27.7. The highest BCUT2D eigenvalue weighted by atomic mass is 32.2. The number of Topliss-reactive ketones (excluding diaryl/α,β-unsaturated/α-hetero) is 1. The van der Waals surface area contributed by atoms with Crippen molar-refractivity contribution in [2.75, 3.05) is 6.61 Å². The molecule has 2 rings (SSSR count). The molecule has 1 N–H and O–H groups in total. The Balaban J connectivity index is 0.00000480. The van der Waals surface area contributed by atoms with Gasteiger partial charge in [0.2, 0.25) is 5.91 Å². The van der Waals surface area contributed by atoms with Crippen molar-refractivity contribution in [1.82, 2.24) is 5.32 Å². The van der Waals surface area contributed by atoms with E-state index in [1.54, 1.807) is 26.0 Å². The van der Waals surface area contributed by atoms with Gasteiger partial charge in [-0.25, -0.2) is 8.42 Å². The second-order valence-electron chi connectivity index (χ2n) is 9.94. The number of hydrogen-bond donors (Lipinski definition) is 1. The fraction of sp³-hybridized carbons (Fsp3) is 0.652. The molecular formula is C23H37NO5S2. The van der Waals surface area contributed by atoms with Crippen LogP contribution in [0.2, 0.25) is 0 Å². The number of carbonyl (C=O) groups excluding carboxylic acids is 2. The molecule has 1 aliphatic rings. The summed E-state index contributed by atoms with van der Waals surface area (Å²) < 4.78 is 31.8. The Morgan fingerprint density at radius 1 is 1.23 bits per heavy atom. The molecule has 0 unspecified atom stereocenters. The van der Waals surface area contributed by atoms with Gasteiger partial charge >= 0.3 is 0 Å². The Morgan fingerprint density at radius 2 is 1.77 bits per heavy atom. The zero-order chi connectivity index (χ0) is 22.9. The summed E-state index contributed by atoms with van der Waals surface area (Å²) in [6, 6.07) is 7.47. The van der Waals surface area contributed by atoms with Crippen molar-refractivity contribution in [3.63, 3.8) is 0 Å². The molecule has 1 amide bonds. The number of sulfone groups is 1. The summed E-state index contributed by atoms with van der Waals surface area (Å²) in [6.07, 6.45) is -0.324. The first-order valence-electron chi connectivity index (χ1n) is 10.4. The third-order valence-electron chi connectivity index (χ3n) is 5.84. The highest BCUT2D eigenvalue weighted by molar-refractivity contribution is 7.92. The topological polar surface area (TPSA) is 89.5 Å². The average molecular weight is 472 g/mol. The number of ether oxygens (including phenoxy) is 1. The van der Waals surface area contributed by atoms with Crippen LogP contribution in [-0.2, 0) is 35.3 Å². The summed E-state index contributed by atoms with van der Waals surface area (Å²) in [5.41, 5.74) is 0.515. The van der Waals surface area contributed by atoms with E-state index in [1.165, 1.54) is 0 Å². The van der Waals surface area contributed by atoms with E-state index in [0.29, 0.717) is 5.56 Å². The highest BCUT2D eigenvalue weighted by Gasteiger charge is 2.48. The van der Waals surface area contributed by atoms with E-state index in [9.17, 15) is 18.0 Å². The summed E-state index contributed by atoms with van der Waals surface area (Å²) >= 11 is 0. The Morgan fingerprint density at radius 3 is 2.19 bits per heavy atom. The maximum absolute atomic E-state index is 13.2. The van der Waals surface area contributed by atoms with Crippen LogP contribution in [0.1, 0.15) is 66.0 Å². The number of rotatable bonds is 7. The van der Waals surface area contributed by atoms with Crippen LogP contribution in [0.25, 0.3) is 0 Å². The molecule has 176 valence electrons. The molecule has 0 spiro atoms. The van der Waals surface area contributed by atoms with Gasteiger partial charge in [0.15, 0.2) is 15.6 Å². The number of nitrogens with one attached hydrogen (secondary N) is 1. The molecule has 1 fully saturated rings. The predicted octanol–water partition coefficient (Wildman–Crippen LogP) is 3.29. The van der Waals surface area contributed by atoms with Gasteiger partial charge in [-0.3, -0.25) is 9.59 Å². The van der Waals surface area contributed by atoms with Crippen molar-refractivity contribution in [1.29, 1.82) is 0 Å². The van der Waals surface area contributed by atoms with Crippen LogP contribution in [0, 0.1) is 5.92 Å². The lowest BCUT2D eigenvalue weighted by Crippen LogP contribution is -2.58. The number of benzene rings is 1. The van der Waals surface area contributed by atoms with E-state index in [2.05, 4.69) is 26.1 Å². The van der Waals surface area contributed by atoms with Crippen LogP contribution in [0.4, 0.5) is 0 Å². The first-order chi connectivity index (χ1) is 13.7. The molecule has 1 heterocycles. The Hall–Kier alpha value is -1.38. The summed E-state index contributed by atoms with van der Waals surface area (Å²) in [7, 11) is -3.79. The van der Waals surface area contributed by atoms with E-state index in [4.69, 9.17) is 4.74 Å². The number of hydrogen-bond acceptors (Lipinski definition) is 5. The predicted molar refractivity (Wildman–Crippen MR) is 128 cm³/mol. The van der Waals surface area contributed by atoms with Crippen LogP contribution < -0.4 is 5.32 Å². The van der Waals surface area contributed by atoms with Gasteiger partial charge in [0, 0.05) is 0 Å². The Kier molecular flexibility index (Phi) is 8.96. The van der Waals surface area contributed by atoms with Crippen molar-refractivity contribution < 1.29 is 22.7 Å². The van der Waals surface area contributed by atoms with Crippen LogP contribution in [0.3, 0.4) is 0 Å². The summed E-state index contributed by atoms with van der Waals surface area (Å²) in [4.78, 5) is 25.3. The highest BCUT2D eigenvalue weighted by Crippen LogP contribution is 2.26. The van der Waals surface area contributed by atoms with E-state index < -0.39 is 32.6 Å². The molecular weight excluding hydrogens is 434 g/mol. The molecule has 0 bridgehead atoms. The molecule has 3 atom stereocenters. The smallest absolute Gasteiger partial charge is 0.239 e. The van der Waals surface area contributed by atoms with Gasteiger partial charge in [-0.1, -0.05) is 58.9 Å². The normalized spacial score (nSPS) is 22.8. The van der Waals surface area contributed by atoms with Gasteiger partial charge in [-0.2, -0.15) is 13.5 Å². The Labute approximate surface area is 193 Å². The van der Waals surface area contributed by atoms with Gasteiger partial charge < -0.3 is 10.1 Å². The van der Waals surface area contributed by atoms with Crippen LogP contribution >= 0.6 is 13.5 Å². The quantitative estimate of drug-likeness (QED) is 0.659. The van der Waals surface area contributed by atoms with Crippen molar-refractivity contribution in [3.8, 4) is 0 Å². The summed E-state index contributed by atoms with van der Waals surface area (Å²) in [6.45, 7) is 13.2. The van der Waals surface area contributed by atoms with Crippen LogP contribution in [0.5, 0.6) is 0 Å². The first-order valence-corrected chi connectivity index (χ1v) is 12.2. The number of carbonyl (C=O) groups is 2. The van der Waals surface area contributed by atoms with E-state index in [-0.39, 0.29) is 49.4 Å². The Bertz CT molecular complexity index is 888. The molecule has 1 saturated heterocycles. The van der Waals surface area contributed by atoms with Gasteiger partial charge in [0.05, 0.1) is 11.9 Å². The summed E-state index contributed by atoms with van der Waals surface area (Å²) in [5.74, 6) is -1.11. The minimum atomic E-state index is -3.79. The second-order valence-corrected chi connectivity index (χ2v) is 12.1. The van der Waals surface area contributed by atoms with E-state index in [0.717, 1.165) is 5.56 Å². The van der Waals surface area contributed by atoms with Gasteiger partial charge in [0.25, 0.3) is 0 Å². The monoisotopic (exact) mass is 471 g/mol. The molecule has 31 heavy (non-hydrogen) atoms. The van der Waals surface area contributed by atoms with Crippen molar-refractivity contribution in [3.05, 3.63) is 35.4 Å². The molecule has 0 saturated carbocycles. The molecule has 1 aliphatic heterocycles. The zero-order valence-electron chi connectivity index (χ0n) is 19.6. The fourth-order valence-corrected chi connectivity index (χ4v) is 5.45.